The first-order chi connectivity index (χ1) is 7.36. The Labute approximate surface area is 88.6 Å². The second kappa shape index (κ2) is 5.09. The number of hydrogen-bond acceptors (Lipinski definition) is 3. The van der Waals surface area contributed by atoms with Gasteiger partial charge in [-0.15, -0.1) is 0 Å². The zero-order valence-electron chi connectivity index (χ0n) is 8.50. The number of nitrogens with one attached hydrogen (secondary N) is 2. The molecule has 0 radical (unpaired) electrons. The van der Waals surface area contributed by atoms with Gasteiger partial charge in [0, 0.05) is 19.6 Å². The fourth-order valence-corrected chi connectivity index (χ4v) is 1.58. The maximum Gasteiger partial charge on any atom is 0.165 e. The molecule has 0 aromatic heterocycles. The molecule has 15 heavy (non-hydrogen) atoms. The van der Waals surface area contributed by atoms with Crippen LogP contribution in [0.3, 0.4) is 0 Å². The van der Waals surface area contributed by atoms with Crippen molar-refractivity contribution < 1.29 is 9.13 Å². The predicted molar refractivity (Wildman–Crippen MR) is 56.6 cm³/mol. The molecule has 1 aromatic carbocycles. The molecule has 1 heterocycles. The highest BCUT2D eigenvalue weighted by atomic mass is 19.1. The van der Waals surface area contributed by atoms with Gasteiger partial charge in [-0.1, -0.05) is 12.1 Å². The summed E-state index contributed by atoms with van der Waals surface area (Å²) in [6.45, 7) is 3.28. The molecule has 82 valence electrons. The van der Waals surface area contributed by atoms with Crippen LogP contribution in [0.5, 0.6) is 5.75 Å². The second-order valence-corrected chi connectivity index (χ2v) is 3.60. The minimum Gasteiger partial charge on any atom is -0.489 e. The lowest BCUT2D eigenvalue weighted by Gasteiger charge is -2.24. The summed E-state index contributed by atoms with van der Waals surface area (Å²) in [6.07, 6.45) is 0. The Bertz CT molecular complexity index is 313. The van der Waals surface area contributed by atoms with E-state index in [1.54, 1.807) is 18.2 Å². The summed E-state index contributed by atoms with van der Waals surface area (Å²) in [7, 11) is 0. The molecule has 1 aliphatic heterocycles. The summed E-state index contributed by atoms with van der Waals surface area (Å²) in [5, 5.41) is 6.55. The van der Waals surface area contributed by atoms with E-state index in [0.29, 0.717) is 12.4 Å². The Morgan fingerprint density at radius 1 is 1.33 bits per heavy atom. The number of benzene rings is 1. The Balaban J connectivity index is 1.84. The van der Waals surface area contributed by atoms with Crippen molar-refractivity contribution in [2.75, 3.05) is 26.2 Å². The lowest BCUT2D eigenvalue weighted by molar-refractivity contribution is 0.238. The number of piperazine rings is 1. The Morgan fingerprint density at radius 3 is 2.93 bits per heavy atom. The molecule has 3 nitrogen and oxygen atoms in total. The third kappa shape index (κ3) is 2.91. The van der Waals surface area contributed by atoms with E-state index in [9.17, 15) is 4.39 Å². The minimum atomic E-state index is -0.304. The van der Waals surface area contributed by atoms with Crippen molar-refractivity contribution in [2.45, 2.75) is 6.04 Å². The molecule has 0 aliphatic carbocycles. The van der Waals surface area contributed by atoms with Gasteiger partial charge in [-0.3, -0.25) is 0 Å². The van der Waals surface area contributed by atoms with Crippen molar-refractivity contribution >= 4 is 0 Å². The van der Waals surface area contributed by atoms with Crippen molar-refractivity contribution in [1.29, 1.82) is 0 Å². The van der Waals surface area contributed by atoms with Crippen molar-refractivity contribution in [3.8, 4) is 5.75 Å². The van der Waals surface area contributed by atoms with E-state index < -0.39 is 0 Å². The molecular weight excluding hydrogens is 195 g/mol. The van der Waals surface area contributed by atoms with Crippen molar-refractivity contribution in [3.05, 3.63) is 30.1 Å². The summed E-state index contributed by atoms with van der Waals surface area (Å²) in [5.41, 5.74) is 0. The van der Waals surface area contributed by atoms with E-state index in [4.69, 9.17) is 4.74 Å². The van der Waals surface area contributed by atoms with Crippen molar-refractivity contribution in [3.63, 3.8) is 0 Å². The smallest absolute Gasteiger partial charge is 0.165 e. The van der Waals surface area contributed by atoms with Crippen LogP contribution in [-0.4, -0.2) is 32.3 Å². The van der Waals surface area contributed by atoms with E-state index in [2.05, 4.69) is 10.6 Å². The molecule has 1 aromatic rings. The summed E-state index contributed by atoms with van der Waals surface area (Å²) < 4.78 is 18.6. The summed E-state index contributed by atoms with van der Waals surface area (Å²) in [6, 6.07) is 6.74. The quantitative estimate of drug-likeness (QED) is 0.773. The molecule has 1 atom stereocenters. The molecule has 4 heteroatoms. The first kappa shape index (κ1) is 10.4. The highest BCUT2D eigenvalue weighted by Gasteiger charge is 2.13. The first-order valence-corrected chi connectivity index (χ1v) is 5.17. The first-order valence-electron chi connectivity index (χ1n) is 5.17. The van der Waals surface area contributed by atoms with Gasteiger partial charge >= 0.3 is 0 Å². The third-order valence-electron chi connectivity index (χ3n) is 2.40. The van der Waals surface area contributed by atoms with Crippen LogP contribution in [0.25, 0.3) is 0 Å². The van der Waals surface area contributed by atoms with Gasteiger partial charge in [0.05, 0.1) is 6.04 Å². The Hall–Kier alpha value is -1.13. The van der Waals surface area contributed by atoms with Crippen molar-refractivity contribution in [1.82, 2.24) is 10.6 Å². The lowest BCUT2D eigenvalue weighted by atomic mass is 10.2. The fraction of sp³-hybridized carbons (Fsp3) is 0.455. The van der Waals surface area contributed by atoms with Crippen molar-refractivity contribution in [2.24, 2.45) is 0 Å². The molecule has 1 unspecified atom stereocenters. The van der Waals surface area contributed by atoms with E-state index in [1.165, 1.54) is 6.07 Å². The van der Waals surface area contributed by atoms with Gasteiger partial charge in [-0.25, -0.2) is 4.39 Å². The predicted octanol–water partition coefficient (Wildman–Crippen LogP) is 0.766. The number of para-hydroxylation sites is 1. The zero-order chi connectivity index (χ0) is 10.5. The zero-order valence-corrected chi connectivity index (χ0v) is 8.50. The maximum atomic E-state index is 13.2. The molecule has 1 saturated heterocycles. The van der Waals surface area contributed by atoms with Gasteiger partial charge in [-0.05, 0) is 12.1 Å². The molecule has 2 rings (SSSR count). The lowest BCUT2D eigenvalue weighted by Crippen LogP contribution is -2.51. The van der Waals surface area contributed by atoms with Crippen LogP contribution in [0.2, 0.25) is 0 Å². The molecule has 2 N–H and O–H groups in total. The van der Waals surface area contributed by atoms with Crippen LogP contribution < -0.4 is 15.4 Å². The van der Waals surface area contributed by atoms with Crippen LogP contribution in [-0.2, 0) is 0 Å². The van der Waals surface area contributed by atoms with E-state index in [0.717, 1.165) is 19.6 Å². The number of hydrogen-bond donors (Lipinski definition) is 2. The number of rotatable bonds is 3. The average Bonchev–Trinajstić information content (AvgIpc) is 2.29. The summed E-state index contributed by atoms with van der Waals surface area (Å²) in [4.78, 5) is 0. The largest absolute Gasteiger partial charge is 0.489 e. The highest BCUT2D eigenvalue weighted by molar-refractivity contribution is 5.23. The maximum absolute atomic E-state index is 13.2. The Kier molecular flexibility index (Phi) is 3.53. The van der Waals surface area contributed by atoms with Gasteiger partial charge in [0.1, 0.15) is 6.61 Å². The van der Waals surface area contributed by atoms with Gasteiger partial charge in [0.2, 0.25) is 0 Å². The van der Waals surface area contributed by atoms with E-state index in [1.807, 2.05) is 0 Å². The van der Waals surface area contributed by atoms with E-state index in [-0.39, 0.29) is 11.9 Å². The molecule has 0 saturated carbocycles. The number of halogens is 1. The van der Waals surface area contributed by atoms with Crippen LogP contribution in [0, 0.1) is 5.82 Å². The molecule has 0 bridgehead atoms. The van der Waals surface area contributed by atoms with Crippen LogP contribution in [0.15, 0.2) is 24.3 Å². The standard InChI is InChI=1S/C11H15FN2O/c12-10-3-1-2-4-11(10)15-8-9-7-13-5-6-14-9/h1-4,9,13-14H,5-8H2. The molecule has 1 aliphatic rings. The summed E-state index contributed by atoms with van der Waals surface area (Å²) >= 11 is 0. The van der Waals surface area contributed by atoms with Crippen LogP contribution in [0.1, 0.15) is 0 Å². The Morgan fingerprint density at radius 2 is 2.20 bits per heavy atom. The van der Waals surface area contributed by atoms with Gasteiger partial charge in [-0.2, -0.15) is 0 Å². The normalized spacial score (nSPS) is 21.3. The highest BCUT2D eigenvalue weighted by Crippen LogP contribution is 2.15. The van der Waals surface area contributed by atoms with Gasteiger partial charge in [0.15, 0.2) is 11.6 Å². The minimum absolute atomic E-state index is 0.262. The second-order valence-electron chi connectivity index (χ2n) is 3.60. The topological polar surface area (TPSA) is 33.3 Å². The van der Waals surface area contributed by atoms with E-state index >= 15 is 0 Å². The molecule has 1 fully saturated rings. The molecule has 0 spiro atoms. The summed E-state index contributed by atoms with van der Waals surface area (Å²) in [5.74, 6) is 0.0196. The van der Waals surface area contributed by atoms with Gasteiger partial charge < -0.3 is 15.4 Å². The average molecular weight is 210 g/mol. The van der Waals surface area contributed by atoms with Crippen LogP contribution >= 0.6 is 0 Å². The van der Waals surface area contributed by atoms with Crippen LogP contribution in [0.4, 0.5) is 4.39 Å². The fourth-order valence-electron chi connectivity index (χ4n) is 1.58. The number of ether oxygens (including phenoxy) is 1. The monoisotopic (exact) mass is 210 g/mol. The molecule has 0 amide bonds. The third-order valence-corrected chi connectivity index (χ3v) is 2.40. The molecular formula is C11H15FN2O. The SMILES string of the molecule is Fc1ccccc1OCC1CNCCN1. The van der Waals surface area contributed by atoms with Gasteiger partial charge in [0.25, 0.3) is 0 Å².